The minimum absolute atomic E-state index is 0.333. The van der Waals surface area contributed by atoms with Crippen molar-refractivity contribution in [2.75, 3.05) is 18.5 Å². The largest absolute Gasteiger partial charge is 0.481 e. The van der Waals surface area contributed by atoms with Gasteiger partial charge in [-0.25, -0.2) is 0 Å². The number of nitrogens with one attached hydrogen (secondary N) is 1. The number of carboxylic acids is 1. The monoisotopic (exact) mass is 321 g/mol. The van der Waals surface area contributed by atoms with E-state index in [0.29, 0.717) is 7.92 Å². The molecule has 0 aromatic rings. The summed E-state index contributed by atoms with van der Waals surface area (Å²) in [6.45, 7) is 8.02. The highest BCUT2D eigenvalue weighted by molar-refractivity contribution is 7.57. The average Bonchev–Trinajstić information content (AvgIpc) is 2.36. The van der Waals surface area contributed by atoms with Crippen LogP contribution >= 0.6 is 7.92 Å². The van der Waals surface area contributed by atoms with Crippen molar-refractivity contribution in [2.24, 2.45) is 11.5 Å². The maximum Gasteiger partial charge on any atom is 0.300 e. The highest BCUT2D eigenvalue weighted by atomic mass is 31.1. The number of aliphatic carboxylic acids is 1. The second-order valence-corrected chi connectivity index (χ2v) is 7.56. The van der Waals surface area contributed by atoms with Gasteiger partial charge in [-0.3, -0.25) is 10.2 Å². The maximum absolute atomic E-state index is 9.00. The van der Waals surface area contributed by atoms with Crippen LogP contribution in [0.4, 0.5) is 0 Å². The Kier molecular flexibility index (Phi) is 25.7. The molecule has 0 spiro atoms. The first-order chi connectivity index (χ1) is 9.81. The van der Waals surface area contributed by atoms with Gasteiger partial charge in [0, 0.05) is 6.92 Å². The van der Waals surface area contributed by atoms with Gasteiger partial charge >= 0.3 is 0 Å². The van der Waals surface area contributed by atoms with Crippen LogP contribution in [0, 0.1) is 5.41 Å². The zero-order valence-corrected chi connectivity index (χ0v) is 15.2. The number of rotatable bonds is 9. The Balaban J connectivity index is -0.000000334. The molecule has 21 heavy (non-hydrogen) atoms. The molecule has 0 amide bonds. The molecule has 5 nitrogen and oxygen atoms in total. The quantitative estimate of drug-likeness (QED) is 0.294. The minimum Gasteiger partial charge on any atom is -0.481 e. The molecule has 0 atom stereocenters. The lowest BCUT2D eigenvalue weighted by Gasteiger charge is -2.16. The highest BCUT2D eigenvalue weighted by Gasteiger charge is 2.05. The number of carbonyl (C=O) groups is 1. The molecule has 6 N–H and O–H groups in total. The van der Waals surface area contributed by atoms with Crippen molar-refractivity contribution in [2.45, 2.75) is 66.2 Å². The van der Waals surface area contributed by atoms with E-state index in [1.54, 1.807) is 18.5 Å². The van der Waals surface area contributed by atoms with Crippen molar-refractivity contribution in [1.29, 1.82) is 5.41 Å². The van der Waals surface area contributed by atoms with Gasteiger partial charge in [0.25, 0.3) is 5.97 Å². The van der Waals surface area contributed by atoms with Crippen molar-refractivity contribution in [1.82, 2.24) is 0 Å². The number of nitrogens with two attached hydrogens (primary N) is 2. The fourth-order valence-corrected chi connectivity index (χ4v) is 4.44. The SMILES string of the molecule is CC(=O)O.CCCCP(CCCC)CCCC.N=C(N)N. The van der Waals surface area contributed by atoms with Crippen LogP contribution in [-0.2, 0) is 4.79 Å². The Morgan fingerprint density at radius 3 is 1.29 bits per heavy atom. The number of unbranched alkanes of at least 4 members (excludes halogenated alkanes) is 3. The molecule has 128 valence electrons. The van der Waals surface area contributed by atoms with E-state index in [2.05, 4.69) is 32.2 Å². The predicted octanol–water partition coefficient (Wildman–Crippen LogP) is 3.80. The van der Waals surface area contributed by atoms with E-state index >= 15 is 0 Å². The summed E-state index contributed by atoms with van der Waals surface area (Å²) in [5, 5.41) is 13.5. The lowest BCUT2D eigenvalue weighted by Crippen LogP contribution is -2.20. The van der Waals surface area contributed by atoms with Crippen molar-refractivity contribution >= 4 is 19.9 Å². The summed E-state index contributed by atoms with van der Waals surface area (Å²) in [7, 11) is 0.422. The lowest BCUT2D eigenvalue weighted by molar-refractivity contribution is -0.134. The van der Waals surface area contributed by atoms with E-state index in [9.17, 15) is 0 Å². The Morgan fingerprint density at radius 1 is 0.952 bits per heavy atom. The molecule has 0 aromatic heterocycles. The molecule has 0 aromatic carbocycles. The first-order valence-electron chi connectivity index (χ1n) is 7.83. The van der Waals surface area contributed by atoms with Crippen LogP contribution in [0.1, 0.15) is 66.2 Å². The Hall–Kier alpha value is -0.830. The predicted molar refractivity (Wildman–Crippen MR) is 95.7 cm³/mol. The summed E-state index contributed by atoms with van der Waals surface area (Å²) >= 11 is 0. The molecule has 0 unspecified atom stereocenters. The maximum atomic E-state index is 9.00. The minimum atomic E-state index is -0.833. The molecule has 0 aliphatic carbocycles. The third kappa shape index (κ3) is 45.3. The van der Waals surface area contributed by atoms with Crippen molar-refractivity contribution in [3.63, 3.8) is 0 Å². The molecule has 0 fully saturated rings. The summed E-state index contributed by atoms with van der Waals surface area (Å²) in [6.07, 6.45) is 13.2. The second-order valence-electron chi connectivity index (χ2n) is 4.88. The summed E-state index contributed by atoms with van der Waals surface area (Å²) in [5.74, 6) is -1.17. The van der Waals surface area contributed by atoms with Gasteiger partial charge in [0.1, 0.15) is 0 Å². The third-order valence-corrected chi connectivity index (χ3v) is 5.33. The molecular weight excluding hydrogens is 285 g/mol. The number of carboxylic acid groups (broad SMARTS) is 1. The van der Waals surface area contributed by atoms with Crippen LogP contribution in [0.25, 0.3) is 0 Å². The Bertz CT molecular complexity index is 200. The number of hydrogen-bond acceptors (Lipinski definition) is 2. The van der Waals surface area contributed by atoms with Gasteiger partial charge < -0.3 is 16.6 Å². The van der Waals surface area contributed by atoms with E-state index in [1.807, 2.05) is 0 Å². The van der Waals surface area contributed by atoms with Crippen LogP contribution in [0.5, 0.6) is 0 Å². The van der Waals surface area contributed by atoms with Crippen LogP contribution in [0.15, 0.2) is 0 Å². The van der Waals surface area contributed by atoms with Gasteiger partial charge in [-0.1, -0.05) is 40.0 Å². The molecular formula is C15H36N3O2P. The van der Waals surface area contributed by atoms with E-state index in [4.69, 9.17) is 15.3 Å². The van der Waals surface area contributed by atoms with Gasteiger partial charge in [-0.05, 0) is 37.7 Å². The van der Waals surface area contributed by atoms with E-state index in [1.165, 1.54) is 38.5 Å². The van der Waals surface area contributed by atoms with Gasteiger partial charge in [0.05, 0.1) is 0 Å². The standard InChI is InChI=1S/C12H27P.C2H4O2.CH5N3/c1-4-7-10-13(11-8-5-2)12-9-6-3;1-2(3)4;2-1(3)4/h4-12H2,1-3H3;1H3,(H,3,4);(H5,2,3,4). The average molecular weight is 321 g/mol. The molecule has 0 heterocycles. The van der Waals surface area contributed by atoms with Crippen molar-refractivity contribution in [3.8, 4) is 0 Å². The van der Waals surface area contributed by atoms with Crippen LogP contribution in [-0.4, -0.2) is 35.5 Å². The van der Waals surface area contributed by atoms with Crippen LogP contribution in [0.2, 0.25) is 0 Å². The fraction of sp³-hybridized carbons (Fsp3) is 0.867. The van der Waals surface area contributed by atoms with Crippen LogP contribution < -0.4 is 11.5 Å². The molecule has 0 saturated carbocycles. The fourth-order valence-electron chi connectivity index (χ4n) is 1.48. The molecule has 0 rings (SSSR count). The molecule has 0 radical (unpaired) electrons. The zero-order valence-electron chi connectivity index (χ0n) is 14.3. The normalized spacial score (nSPS) is 9.19. The smallest absolute Gasteiger partial charge is 0.300 e. The third-order valence-electron chi connectivity index (χ3n) is 2.48. The summed E-state index contributed by atoms with van der Waals surface area (Å²) in [4.78, 5) is 9.00. The molecule has 0 aliphatic heterocycles. The summed E-state index contributed by atoms with van der Waals surface area (Å²) in [5.41, 5.74) is 8.94. The van der Waals surface area contributed by atoms with Crippen molar-refractivity contribution < 1.29 is 9.90 Å². The van der Waals surface area contributed by atoms with E-state index < -0.39 is 5.97 Å². The lowest BCUT2D eigenvalue weighted by atomic mass is 10.4. The first kappa shape index (κ1) is 25.1. The number of hydrogen-bond donors (Lipinski definition) is 4. The van der Waals surface area contributed by atoms with Crippen molar-refractivity contribution in [3.05, 3.63) is 0 Å². The van der Waals surface area contributed by atoms with E-state index in [-0.39, 0.29) is 5.96 Å². The molecule has 0 aliphatic rings. The van der Waals surface area contributed by atoms with Gasteiger partial charge in [-0.2, -0.15) is 0 Å². The Labute approximate surface area is 132 Å². The first-order valence-corrected chi connectivity index (χ1v) is 9.72. The van der Waals surface area contributed by atoms with Gasteiger partial charge in [-0.15, -0.1) is 7.92 Å². The van der Waals surface area contributed by atoms with Gasteiger partial charge in [0.2, 0.25) is 0 Å². The molecule has 0 saturated heterocycles. The molecule has 6 heteroatoms. The summed E-state index contributed by atoms with van der Waals surface area (Å²) < 4.78 is 0. The van der Waals surface area contributed by atoms with E-state index in [0.717, 1.165) is 6.92 Å². The topological polar surface area (TPSA) is 113 Å². The second kappa shape index (κ2) is 21.5. The number of guanidine groups is 1. The van der Waals surface area contributed by atoms with Crippen LogP contribution in [0.3, 0.4) is 0 Å². The van der Waals surface area contributed by atoms with Gasteiger partial charge in [0.15, 0.2) is 5.96 Å². The molecule has 0 bridgehead atoms. The summed E-state index contributed by atoms with van der Waals surface area (Å²) in [6, 6.07) is 0. The highest BCUT2D eigenvalue weighted by Crippen LogP contribution is 2.38. The Morgan fingerprint density at radius 2 is 1.14 bits per heavy atom. The zero-order chi connectivity index (χ0) is 17.1.